The fraction of sp³-hybridized carbons (Fsp3) is 0.353. The second kappa shape index (κ2) is 5.25. The molecule has 0 spiro atoms. The molecule has 1 atom stereocenters. The molecule has 20 heavy (non-hydrogen) atoms. The molecule has 0 bridgehead atoms. The Morgan fingerprint density at radius 3 is 2.75 bits per heavy atom. The van der Waals surface area contributed by atoms with Gasteiger partial charge in [-0.15, -0.1) is 0 Å². The fourth-order valence-electron chi connectivity index (χ4n) is 3.07. The highest BCUT2D eigenvalue weighted by atomic mass is 16.1. The van der Waals surface area contributed by atoms with Crippen LogP contribution in [0.5, 0.6) is 0 Å². The molecule has 1 aromatic heterocycles. The van der Waals surface area contributed by atoms with Crippen LogP contribution in [0.1, 0.15) is 30.2 Å². The number of pyridine rings is 1. The van der Waals surface area contributed by atoms with Crippen LogP contribution in [0.25, 0.3) is 5.69 Å². The zero-order valence-electron chi connectivity index (χ0n) is 11.8. The van der Waals surface area contributed by atoms with Crippen molar-refractivity contribution in [3.8, 4) is 5.69 Å². The summed E-state index contributed by atoms with van der Waals surface area (Å²) in [6.07, 6.45) is 3.14. The maximum absolute atomic E-state index is 12.6. The SMILES string of the molecule is CC1CCc2c(cc(CN)c(=O)n2-c2ccccc2)C1. The molecule has 1 heterocycles. The molecule has 1 aliphatic rings. The summed E-state index contributed by atoms with van der Waals surface area (Å²) >= 11 is 0. The number of aromatic nitrogens is 1. The standard InChI is InChI=1S/C17H20N2O/c1-12-7-8-16-13(9-12)10-14(11-18)17(20)19(16)15-5-3-2-4-6-15/h2-6,10,12H,7-9,11,18H2,1H3. The Hall–Kier alpha value is -1.87. The third kappa shape index (κ3) is 2.18. The number of para-hydroxylation sites is 1. The predicted molar refractivity (Wildman–Crippen MR) is 81.1 cm³/mol. The average Bonchev–Trinajstić information content (AvgIpc) is 2.47. The molecule has 0 fully saturated rings. The maximum atomic E-state index is 12.6. The summed E-state index contributed by atoms with van der Waals surface area (Å²) < 4.78 is 1.86. The lowest BCUT2D eigenvalue weighted by Crippen LogP contribution is -2.30. The lowest BCUT2D eigenvalue weighted by Gasteiger charge is -2.26. The van der Waals surface area contributed by atoms with Gasteiger partial charge in [0.05, 0.1) is 0 Å². The molecule has 0 saturated carbocycles. The number of benzene rings is 1. The van der Waals surface area contributed by atoms with Crippen LogP contribution >= 0.6 is 0 Å². The first kappa shape index (κ1) is 13.1. The van der Waals surface area contributed by atoms with Crippen LogP contribution in [-0.4, -0.2) is 4.57 Å². The van der Waals surface area contributed by atoms with E-state index in [-0.39, 0.29) is 5.56 Å². The van der Waals surface area contributed by atoms with Gasteiger partial charge in [0.2, 0.25) is 0 Å². The van der Waals surface area contributed by atoms with Crippen LogP contribution in [0.4, 0.5) is 0 Å². The predicted octanol–water partition coefficient (Wildman–Crippen LogP) is 2.42. The summed E-state index contributed by atoms with van der Waals surface area (Å²) in [5, 5.41) is 0. The molecule has 0 amide bonds. The van der Waals surface area contributed by atoms with Crippen LogP contribution in [0, 0.1) is 5.92 Å². The van der Waals surface area contributed by atoms with Crippen molar-refractivity contribution in [3.63, 3.8) is 0 Å². The summed E-state index contributed by atoms with van der Waals surface area (Å²) in [4.78, 5) is 12.6. The molecule has 0 aliphatic heterocycles. The van der Waals surface area contributed by atoms with Crippen molar-refractivity contribution in [2.75, 3.05) is 0 Å². The summed E-state index contributed by atoms with van der Waals surface area (Å²) in [5.74, 6) is 0.676. The molecule has 1 aromatic carbocycles. The van der Waals surface area contributed by atoms with Crippen molar-refractivity contribution in [1.82, 2.24) is 4.57 Å². The molecular weight excluding hydrogens is 248 g/mol. The van der Waals surface area contributed by atoms with E-state index < -0.39 is 0 Å². The van der Waals surface area contributed by atoms with Gasteiger partial charge < -0.3 is 5.73 Å². The minimum absolute atomic E-state index is 0.0343. The molecule has 3 heteroatoms. The Morgan fingerprint density at radius 2 is 2.05 bits per heavy atom. The number of hydrogen-bond donors (Lipinski definition) is 1. The van der Waals surface area contributed by atoms with Gasteiger partial charge in [0.1, 0.15) is 0 Å². The first-order valence-corrected chi connectivity index (χ1v) is 7.23. The van der Waals surface area contributed by atoms with E-state index in [1.807, 2.05) is 41.0 Å². The molecule has 104 valence electrons. The smallest absolute Gasteiger partial charge is 0.259 e. The van der Waals surface area contributed by atoms with Gasteiger partial charge in [-0.25, -0.2) is 0 Å². The van der Waals surface area contributed by atoms with Crippen LogP contribution in [-0.2, 0) is 19.4 Å². The molecule has 1 unspecified atom stereocenters. The minimum Gasteiger partial charge on any atom is -0.326 e. The van der Waals surface area contributed by atoms with Gasteiger partial charge in [-0.3, -0.25) is 9.36 Å². The Morgan fingerprint density at radius 1 is 1.30 bits per heavy atom. The van der Waals surface area contributed by atoms with E-state index in [0.717, 1.165) is 30.6 Å². The Labute approximate surface area is 119 Å². The first-order valence-electron chi connectivity index (χ1n) is 7.23. The zero-order valence-corrected chi connectivity index (χ0v) is 11.8. The van der Waals surface area contributed by atoms with E-state index in [9.17, 15) is 4.79 Å². The molecular formula is C17H20N2O. The van der Waals surface area contributed by atoms with Crippen molar-refractivity contribution in [2.45, 2.75) is 32.7 Å². The van der Waals surface area contributed by atoms with Crippen LogP contribution in [0.15, 0.2) is 41.2 Å². The van der Waals surface area contributed by atoms with Crippen molar-refractivity contribution in [1.29, 1.82) is 0 Å². The van der Waals surface area contributed by atoms with Crippen molar-refractivity contribution >= 4 is 0 Å². The van der Waals surface area contributed by atoms with E-state index >= 15 is 0 Å². The van der Waals surface area contributed by atoms with Gasteiger partial charge in [0.15, 0.2) is 0 Å². The number of fused-ring (bicyclic) bond motifs is 1. The second-order valence-electron chi connectivity index (χ2n) is 5.67. The molecule has 2 aromatic rings. The Bertz CT molecular complexity index is 673. The third-order valence-corrected chi connectivity index (χ3v) is 4.14. The lowest BCUT2D eigenvalue weighted by molar-refractivity contribution is 0.485. The van der Waals surface area contributed by atoms with E-state index in [1.54, 1.807) is 0 Å². The fourth-order valence-corrected chi connectivity index (χ4v) is 3.07. The summed E-state index contributed by atoms with van der Waals surface area (Å²) in [6, 6.07) is 11.9. The van der Waals surface area contributed by atoms with Gasteiger partial charge >= 0.3 is 0 Å². The Balaban J connectivity index is 2.27. The zero-order chi connectivity index (χ0) is 14.1. The third-order valence-electron chi connectivity index (χ3n) is 4.14. The quantitative estimate of drug-likeness (QED) is 0.909. The summed E-state index contributed by atoms with van der Waals surface area (Å²) in [6.45, 7) is 2.57. The number of nitrogens with two attached hydrogens (primary N) is 1. The highest BCUT2D eigenvalue weighted by molar-refractivity contribution is 5.40. The normalized spacial score (nSPS) is 17.8. The van der Waals surface area contributed by atoms with Gasteiger partial charge in [-0.2, -0.15) is 0 Å². The van der Waals surface area contributed by atoms with Crippen molar-refractivity contribution in [3.05, 3.63) is 63.6 Å². The monoisotopic (exact) mass is 268 g/mol. The Kier molecular flexibility index (Phi) is 3.45. The van der Waals surface area contributed by atoms with E-state index in [0.29, 0.717) is 18.0 Å². The van der Waals surface area contributed by atoms with Crippen molar-refractivity contribution < 1.29 is 0 Å². The van der Waals surface area contributed by atoms with Gasteiger partial charge in [0, 0.05) is 23.5 Å². The number of hydrogen-bond acceptors (Lipinski definition) is 2. The van der Waals surface area contributed by atoms with E-state index in [2.05, 4.69) is 6.92 Å². The van der Waals surface area contributed by atoms with Gasteiger partial charge in [-0.05, 0) is 48.9 Å². The summed E-state index contributed by atoms with van der Waals surface area (Å²) in [5.41, 5.74) is 9.89. The van der Waals surface area contributed by atoms with Crippen LogP contribution in [0.3, 0.4) is 0 Å². The van der Waals surface area contributed by atoms with Crippen molar-refractivity contribution in [2.24, 2.45) is 11.7 Å². The van der Waals surface area contributed by atoms with Crippen LogP contribution in [0.2, 0.25) is 0 Å². The first-order chi connectivity index (χ1) is 9.70. The maximum Gasteiger partial charge on any atom is 0.259 e. The second-order valence-corrected chi connectivity index (χ2v) is 5.67. The minimum atomic E-state index is 0.0343. The average molecular weight is 268 g/mol. The molecule has 1 aliphatic carbocycles. The molecule has 2 N–H and O–H groups in total. The highest BCUT2D eigenvalue weighted by Crippen LogP contribution is 2.26. The largest absolute Gasteiger partial charge is 0.326 e. The molecule has 3 rings (SSSR count). The lowest BCUT2D eigenvalue weighted by atomic mass is 9.87. The van der Waals surface area contributed by atoms with Gasteiger partial charge in [0.25, 0.3) is 5.56 Å². The van der Waals surface area contributed by atoms with E-state index in [1.165, 1.54) is 5.56 Å². The summed E-state index contributed by atoms with van der Waals surface area (Å²) in [7, 11) is 0. The number of nitrogens with zero attached hydrogens (tertiary/aromatic N) is 1. The van der Waals surface area contributed by atoms with Gasteiger partial charge in [-0.1, -0.05) is 25.1 Å². The molecule has 0 radical (unpaired) electrons. The van der Waals surface area contributed by atoms with E-state index in [4.69, 9.17) is 5.73 Å². The van der Waals surface area contributed by atoms with Crippen LogP contribution < -0.4 is 11.3 Å². The number of rotatable bonds is 2. The molecule has 3 nitrogen and oxygen atoms in total. The topological polar surface area (TPSA) is 48.0 Å². The highest BCUT2D eigenvalue weighted by Gasteiger charge is 2.21. The molecule has 0 saturated heterocycles.